The fourth-order valence-electron chi connectivity index (χ4n) is 2.37. The van der Waals surface area contributed by atoms with Crippen LogP contribution in [-0.4, -0.2) is 21.1 Å². The third-order valence-corrected chi connectivity index (χ3v) is 4.59. The molecule has 0 radical (unpaired) electrons. The van der Waals surface area contributed by atoms with Gasteiger partial charge < -0.3 is 15.5 Å². The molecular weight excluding hydrogens is 336 g/mol. The Bertz CT molecular complexity index is 862. The minimum atomic E-state index is -0.179. The van der Waals surface area contributed by atoms with Crippen LogP contribution in [0.25, 0.3) is 11.3 Å². The number of thiazole rings is 1. The van der Waals surface area contributed by atoms with Crippen molar-refractivity contribution in [2.24, 2.45) is 0 Å². The molecule has 0 atom stereocenters. The average Bonchev–Trinajstić information content (AvgIpc) is 3.10. The van der Waals surface area contributed by atoms with Crippen molar-refractivity contribution >= 4 is 17.2 Å². The number of amides is 1. The number of aromatic nitrogens is 1. The molecular formula is C19H18N2O3S. The minimum absolute atomic E-state index is 0.0112. The highest BCUT2D eigenvalue weighted by atomic mass is 32.1. The van der Waals surface area contributed by atoms with E-state index in [0.717, 1.165) is 10.6 Å². The van der Waals surface area contributed by atoms with Gasteiger partial charge in [-0.25, -0.2) is 4.98 Å². The van der Waals surface area contributed by atoms with E-state index in [1.807, 2.05) is 35.7 Å². The summed E-state index contributed by atoms with van der Waals surface area (Å²) in [5, 5.41) is 24.4. The quantitative estimate of drug-likeness (QED) is 0.592. The predicted octanol–water partition coefficient (Wildman–Crippen LogP) is 3.47. The average molecular weight is 354 g/mol. The molecule has 3 aromatic rings. The van der Waals surface area contributed by atoms with Crippen LogP contribution in [0.15, 0.2) is 53.9 Å². The molecule has 0 aliphatic rings. The molecule has 1 heterocycles. The summed E-state index contributed by atoms with van der Waals surface area (Å²) >= 11 is 1.44. The normalized spacial score (nSPS) is 10.6. The van der Waals surface area contributed by atoms with Gasteiger partial charge in [-0.1, -0.05) is 30.3 Å². The van der Waals surface area contributed by atoms with E-state index < -0.39 is 0 Å². The number of rotatable bonds is 6. The number of phenolic OH excluding ortho intramolecular Hbond substituents is 2. The molecule has 1 aromatic heterocycles. The van der Waals surface area contributed by atoms with E-state index in [1.165, 1.54) is 23.5 Å². The van der Waals surface area contributed by atoms with E-state index in [0.29, 0.717) is 30.6 Å². The summed E-state index contributed by atoms with van der Waals surface area (Å²) in [6.07, 6.45) is 1.15. The molecule has 0 aliphatic carbocycles. The Kier molecular flexibility index (Phi) is 5.30. The van der Waals surface area contributed by atoms with E-state index in [-0.39, 0.29) is 17.4 Å². The number of aromatic hydroxyl groups is 2. The van der Waals surface area contributed by atoms with Crippen molar-refractivity contribution in [1.82, 2.24) is 10.3 Å². The van der Waals surface area contributed by atoms with Gasteiger partial charge in [0.05, 0.1) is 12.2 Å². The standard InChI is InChI=1S/C19H18N2O3S/c22-16-8-7-14(10-17(16)23)15-12-25-19(21-15)11-20-18(24)9-6-13-4-2-1-3-5-13/h1-5,7-8,10,12,22-23H,6,9,11H2,(H,20,24). The van der Waals surface area contributed by atoms with Gasteiger partial charge in [-0.15, -0.1) is 11.3 Å². The maximum absolute atomic E-state index is 12.0. The lowest BCUT2D eigenvalue weighted by Crippen LogP contribution is -2.22. The first-order valence-electron chi connectivity index (χ1n) is 7.89. The number of carbonyl (C=O) groups excluding carboxylic acids is 1. The summed E-state index contributed by atoms with van der Waals surface area (Å²) in [6.45, 7) is 0.377. The van der Waals surface area contributed by atoms with Gasteiger partial charge in [-0.05, 0) is 30.2 Å². The summed E-state index contributed by atoms with van der Waals surface area (Å²) in [7, 11) is 0. The molecule has 0 fully saturated rings. The maximum Gasteiger partial charge on any atom is 0.220 e. The van der Waals surface area contributed by atoms with Crippen LogP contribution >= 0.6 is 11.3 Å². The lowest BCUT2D eigenvalue weighted by molar-refractivity contribution is -0.121. The molecule has 3 rings (SSSR count). The smallest absolute Gasteiger partial charge is 0.220 e. The maximum atomic E-state index is 12.0. The first-order valence-corrected chi connectivity index (χ1v) is 8.77. The monoisotopic (exact) mass is 354 g/mol. The van der Waals surface area contributed by atoms with E-state index in [2.05, 4.69) is 10.3 Å². The first kappa shape index (κ1) is 17.0. The Labute approximate surface area is 149 Å². The Balaban J connectivity index is 1.53. The summed E-state index contributed by atoms with van der Waals surface area (Å²) in [5.74, 6) is -0.353. The van der Waals surface area contributed by atoms with Crippen molar-refractivity contribution in [3.05, 3.63) is 64.5 Å². The van der Waals surface area contributed by atoms with Crippen molar-refractivity contribution < 1.29 is 15.0 Å². The second kappa shape index (κ2) is 7.81. The fraction of sp³-hybridized carbons (Fsp3) is 0.158. The first-order chi connectivity index (χ1) is 12.1. The molecule has 25 heavy (non-hydrogen) atoms. The van der Waals surface area contributed by atoms with Crippen LogP contribution in [0.1, 0.15) is 17.0 Å². The lowest BCUT2D eigenvalue weighted by atomic mass is 10.1. The zero-order valence-electron chi connectivity index (χ0n) is 13.5. The van der Waals surface area contributed by atoms with Gasteiger partial charge in [0.2, 0.25) is 5.91 Å². The van der Waals surface area contributed by atoms with E-state index in [9.17, 15) is 15.0 Å². The highest BCUT2D eigenvalue weighted by Gasteiger charge is 2.09. The number of nitrogens with one attached hydrogen (secondary N) is 1. The number of aryl methyl sites for hydroxylation is 1. The summed E-state index contributed by atoms with van der Waals surface area (Å²) in [5.41, 5.74) is 2.56. The van der Waals surface area contributed by atoms with Crippen LogP contribution in [0, 0.1) is 0 Å². The van der Waals surface area contributed by atoms with Crippen LogP contribution < -0.4 is 5.32 Å². The third-order valence-electron chi connectivity index (χ3n) is 3.74. The fourth-order valence-corrected chi connectivity index (χ4v) is 3.12. The number of hydrogen-bond acceptors (Lipinski definition) is 5. The second-order valence-electron chi connectivity index (χ2n) is 5.59. The van der Waals surface area contributed by atoms with Gasteiger partial charge in [0, 0.05) is 17.4 Å². The molecule has 0 unspecified atom stereocenters. The van der Waals surface area contributed by atoms with Gasteiger partial charge in [0.15, 0.2) is 11.5 Å². The molecule has 0 aliphatic heterocycles. The third kappa shape index (κ3) is 4.58. The Morgan fingerprint density at radius 2 is 1.88 bits per heavy atom. The SMILES string of the molecule is O=C(CCc1ccccc1)NCc1nc(-c2ccc(O)c(O)c2)cs1. The number of phenols is 2. The van der Waals surface area contributed by atoms with Crippen molar-refractivity contribution in [3.63, 3.8) is 0 Å². The number of benzene rings is 2. The van der Waals surface area contributed by atoms with E-state index >= 15 is 0 Å². The van der Waals surface area contributed by atoms with Crippen molar-refractivity contribution in [3.8, 4) is 22.8 Å². The molecule has 5 nitrogen and oxygen atoms in total. The van der Waals surface area contributed by atoms with Crippen LogP contribution in [0.3, 0.4) is 0 Å². The van der Waals surface area contributed by atoms with Gasteiger partial charge in [-0.2, -0.15) is 0 Å². The molecule has 6 heteroatoms. The minimum Gasteiger partial charge on any atom is -0.504 e. The van der Waals surface area contributed by atoms with Crippen molar-refractivity contribution in [2.75, 3.05) is 0 Å². The molecule has 0 saturated heterocycles. The van der Waals surface area contributed by atoms with E-state index in [1.54, 1.807) is 6.07 Å². The predicted molar refractivity (Wildman–Crippen MR) is 97.5 cm³/mol. The molecule has 3 N–H and O–H groups in total. The number of carbonyl (C=O) groups is 1. The topological polar surface area (TPSA) is 82.5 Å². The number of hydrogen-bond donors (Lipinski definition) is 3. The van der Waals surface area contributed by atoms with Crippen LogP contribution in [-0.2, 0) is 17.8 Å². The van der Waals surface area contributed by atoms with Crippen molar-refractivity contribution in [2.45, 2.75) is 19.4 Å². The van der Waals surface area contributed by atoms with Gasteiger partial charge in [0.25, 0.3) is 0 Å². The summed E-state index contributed by atoms with van der Waals surface area (Å²) in [4.78, 5) is 16.4. The molecule has 0 spiro atoms. The molecule has 0 bridgehead atoms. The van der Waals surface area contributed by atoms with Gasteiger partial charge in [-0.3, -0.25) is 4.79 Å². The lowest BCUT2D eigenvalue weighted by Gasteiger charge is -2.03. The van der Waals surface area contributed by atoms with Gasteiger partial charge in [0.1, 0.15) is 5.01 Å². The van der Waals surface area contributed by atoms with Crippen LogP contribution in [0.4, 0.5) is 0 Å². The molecule has 0 saturated carbocycles. The zero-order chi connectivity index (χ0) is 17.6. The highest BCUT2D eigenvalue weighted by Crippen LogP contribution is 2.30. The van der Waals surface area contributed by atoms with Gasteiger partial charge >= 0.3 is 0 Å². The van der Waals surface area contributed by atoms with E-state index in [4.69, 9.17) is 0 Å². The van der Waals surface area contributed by atoms with Crippen molar-refractivity contribution in [1.29, 1.82) is 0 Å². The summed E-state index contributed by atoms with van der Waals surface area (Å²) < 4.78 is 0. The second-order valence-corrected chi connectivity index (χ2v) is 6.53. The highest BCUT2D eigenvalue weighted by molar-refractivity contribution is 7.09. The zero-order valence-corrected chi connectivity index (χ0v) is 14.3. The molecule has 1 amide bonds. The molecule has 128 valence electrons. The largest absolute Gasteiger partial charge is 0.504 e. The Hall–Kier alpha value is -2.86. The van der Waals surface area contributed by atoms with Crippen LogP contribution in [0.5, 0.6) is 11.5 Å². The number of nitrogens with zero attached hydrogens (tertiary/aromatic N) is 1. The Morgan fingerprint density at radius 1 is 1.08 bits per heavy atom. The van der Waals surface area contributed by atoms with Crippen LogP contribution in [0.2, 0.25) is 0 Å². The summed E-state index contributed by atoms with van der Waals surface area (Å²) in [6, 6.07) is 14.5. The Morgan fingerprint density at radius 3 is 2.64 bits per heavy atom. The molecule has 2 aromatic carbocycles.